The molecule has 68 valence electrons. The van der Waals surface area contributed by atoms with Crippen LogP contribution < -0.4 is 0 Å². The summed E-state index contributed by atoms with van der Waals surface area (Å²) in [6.07, 6.45) is 6.69. The van der Waals surface area contributed by atoms with Gasteiger partial charge in [-0.2, -0.15) is 11.3 Å². The van der Waals surface area contributed by atoms with Gasteiger partial charge in [0.2, 0.25) is 0 Å². The zero-order valence-electron chi connectivity index (χ0n) is 7.26. The van der Waals surface area contributed by atoms with Gasteiger partial charge in [-0.25, -0.2) is 0 Å². The number of unbranched alkanes of at least 4 members (excludes halogenated alkanes) is 3. The number of alkyl halides is 1. The largest absolute Gasteiger partial charge is 0.152 e. The first-order valence-corrected chi connectivity index (χ1v) is 6.57. The molecule has 1 aromatic heterocycles. The molecule has 0 aliphatic carbocycles. The fourth-order valence-electron chi connectivity index (χ4n) is 1.21. The van der Waals surface area contributed by atoms with Gasteiger partial charge in [0.05, 0.1) is 0 Å². The van der Waals surface area contributed by atoms with E-state index in [1.54, 1.807) is 11.3 Å². The van der Waals surface area contributed by atoms with E-state index in [2.05, 4.69) is 32.8 Å². The Morgan fingerprint density at radius 2 is 2.00 bits per heavy atom. The van der Waals surface area contributed by atoms with Crippen LogP contribution in [0.5, 0.6) is 0 Å². The summed E-state index contributed by atoms with van der Waals surface area (Å²) < 4.78 is 0. The topological polar surface area (TPSA) is 0 Å². The molecule has 12 heavy (non-hydrogen) atoms. The van der Waals surface area contributed by atoms with Gasteiger partial charge in [0.1, 0.15) is 0 Å². The predicted octanol–water partition coefficient (Wildman–Crippen LogP) is 4.25. The molecule has 0 N–H and O–H groups in total. The molecule has 0 aliphatic heterocycles. The summed E-state index contributed by atoms with van der Waals surface area (Å²) in [6.45, 7) is 0. The van der Waals surface area contributed by atoms with E-state index in [0.717, 1.165) is 5.33 Å². The maximum absolute atomic E-state index is 3.44. The molecule has 0 saturated heterocycles. The molecular formula is C10H15BrS. The number of halogens is 1. The summed E-state index contributed by atoms with van der Waals surface area (Å²) >= 11 is 5.24. The van der Waals surface area contributed by atoms with Crippen LogP contribution in [0.3, 0.4) is 0 Å². The maximum Gasteiger partial charge on any atom is 0.00313 e. The van der Waals surface area contributed by atoms with Crippen LogP contribution in [0.2, 0.25) is 0 Å². The molecule has 0 aliphatic rings. The third-order valence-electron chi connectivity index (χ3n) is 1.93. The molecule has 0 aromatic carbocycles. The van der Waals surface area contributed by atoms with Crippen molar-refractivity contribution in [2.24, 2.45) is 0 Å². The third-order valence-corrected chi connectivity index (χ3v) is 3.22. The number of thiophene rings is 1. The highest BCUT2D eigenvalue weighted by Gasteiger charge is 1.92. The zero-order chi connectivity index (χ0) is 8.65. The molecule has 1 aromatic rings. The molecule has 0 bridgehead atoms. The van der Waals surface area contributed by atoms with Gasteiger partial charge in [0.15, 0.2) is 0 Å². The van der Waals surface area contributed by atoms with Crippen molar-refractivity contribution in [2.45, 2.75) is 32.1 Å². The van der Waals surface area contributed by atoms with E-state index in [-0.39, 0.29) is 0 Å². The Kier molecular flexibility index (Phi) is 5.70. The second kappa shape index (κ2) is 6.67. The van der Waals surface area contributed by atoms with Crippen molar-refractivity contribution >= 4 is 27.3 Å². The SMILES string of the molecule is BrCCCCCCc1ccsc1. The van der Waals surface area contributed by atoms with Gasteiger partial charge in [0.25, 0.3) is 0 Å². The molecule has 0 fully saturated rings. The zero-order valence-corrected chi connectivity index (χ0v) is 9.66. The summed E-state index contributed by atoms with van der Waals surface area (Å²) in [5.74, 6) is 0. The van der Waals surface area contributed by atoms with Crippen LogP contribution in [0.4, 0.5) is 0 Å². The monoisotopic (exact) mass is 246 g/mol. The number of rotatable bonds is 6. The van der Waals surface area contributed by atoms with Crippen LogP contribution in [-0.4, -0.2) is 5.33 Å². The Morgan fingerprint density at radius 1 is 1.17 bits per heavy atom. The van der Waals surface area contributed by atoms with Crippen molar-refractivity contribution in [1.82, 2.24) is 0 Å². The second-order valence-corrected chi connectivity index (χ2v) is 4.56. The average molecular weight is 247 g/mol. The predicted molar refractivity (Wildman–Crippen MR) is 60.3 cm³/mol. The third kappa shape index (κ3) is 4.27. The first kappa shape index (κ1) is 10.3. The van der Waals surface area contributed by atoms with Gasteiger partial charge in [-0.15, -0.1) is 0 Å². The highest BCUT2D eigenvalue weighted by atomic mass is 79.9. The van der Waals surface area contributed by atoms with Crippen LogP contribution in [0.15, 0.2) is 16.8 Å². The van der Waals surface area contributed by atoms with Gasteiger partial charge in [-0.05, 0) is 41.7 Å². The lowest BCUT2D eigenvalue weighted by Crippen LogP contribution is -1.83. The second-order valence-electron chi connectivity index (χ2n) is 2.98. The molecule has 0 saturated carbocycles. The standard InChI is InChI=1S/C10H15BrS/c11-7-4-2-1-3-5-10-6-8-12-9-10/h6,8-9H,1-5,7H2. The van der Waals surface area contributed by atoms with Gasteiger partial charge in [0, 0.05) is 5.33 Å². The van der Waals surface area contributed by atoms with Gasteiger partial charge in [-0.1, -0.05) is 28.8 Å². The van der Waals surface area contributed by atoms with Crippen molar-refractivity contribution < 1.29 is 0 Å². The van der Waals surface area contributed by atoms with Crippen LogP contribution in [0, 0.1) is 0 Å². The highest BCUT2D eigenvalue weighted by Crippen LogP contribution is 2.11. The van der Waals surface area contributed by atoms with Crippen LogP contribution >= 0.6 is 27.3 Å². The van der Waals surface area contributed by atoms with E-state index in [0.29, 0.717) is 0 Å². The number of aryl methyl sites for hydroxylation is 1. The van der Waals surface area contributed by atoms with E-state index < -0.39 is 0 Å². The molecule has 0 spiro atoms. The molecule has 1 rings (SSSR count). The minimum absolute atomic E-state index is 1.16. The van der Waals surface area contributed by atoms with E-state index in [9.17, 15) is 0 Å². The fourth-order valence-corrected chi connectivity index (χ4v) is 2.31. The summed E-state index contributed by atoms with van der Waals surface area (Å²) in [5.41, 5.74) is 1.51. The summed E-state index contributed by atoms with van der Waals surface area (Å²) in [7, 11) is 0. The Morgan fingerprint density at radius 3 is 2.67 bits per heavy atom. The van der Waals surface area contributed by atoms with Crippen LogP contribution in [0.1, 0.15) is 31.2 Å². The Bertz CT molecular complexity index is 182. The molecule has 0 nitrogen and oxygen atoms in total. The summed E-state index contributed by atoms with van der Waals surface area (Å²) in [6, 6.07) is 2.23. The fraction of sp³-hybridized carbons (Fsp3) is 0.600. The molecule has 1 heterocycles. The first-order chi connectivity index (χ1) is 5.93. The van der Waals surface area contributed by atoms with E-state index in [4.69, 9.17) is 0 Å². The lowest BCUT2D eigenvalue weighted by Gasteiger charge is -1.97. The number of hydrogen-bond donors (Lipinski definition) is 0. The van der Waals surface area contributed by atoms with E-state index in [1.807, 2.05) is 0 Å². The quantitative estimate of drug-likeness (QED) is 0.521. The summed E-state index contributed by atoms with van der Waals surface area (Å²) in [5, 5.41) is 5.57. The minimum atomic E-state index is 1.16. The Balaban J connectivity index is 1.96. The average Bonchev–Trinajstić information content (AvgIpc) is 2.57. The highest BCUT2D eigenvalue weighted by molar-refractivity contribution is 9.09. The minimum Gasteiger partial charge on any atom is -0.152 e. The van der Waals surface area contributed by atoms with Crippen LogP contribution in [-0.2, 0) is 6.42 Å². The maximum atomic E-state index is 3.44. The van der Waals surface area contributed by atoms with Crippen molar-refractivity contribution in [3.63, 3.8) is 0 Å². The van der Waals surface area contributed by atoms with Crippen LogP contribution in [0.25, 0.3) is 0 Å². The van der Waals surface area contributed by atoms with E-state index >= 15 is 0 Å². The van der Waals surface area contributed by atoms with Crippen molar-refractivity contribution in [1.29, 1.82) is 0 Å². The van der Waals surface area contributed by atoms with Gasteiger partial charge in [-0.3, -0.25) is 0 Å². The van der Waals surface area contributed by atoms with E-state index in [1.165, 1.54) is 37.7 Å². The summed E-state index contributed by atoms with van der Waals surface area (Å²) in [4.78, 5) is 0. The normalized spacial score (nSPS) is 10.4. The molecule has 0 amide bonds. The first-order valence-electron chi connectivity index (χ1n) is 4.50. The van der Waals surface area contributed by atoms with Crippen molar-refractivity contribution in [3.8, 4) is 0 Å². The molecule has 0 atom stereocenters. The molecule has 2 heteroatoms. The molecule has 0 unspecified atom stereocenters. The van der Waals surface area contributed by atoms with Gasteiger partial charge >= 0.3 is 0 Å². The van der Waals surface area contributed by atoms with Crippen molar-refractivity contribution in [2.75, 3.05) is 5.33 Å². The molecular weight excluding hydrogens is 232 g/mol. The smallest absolute Gasteiger partial charge is 0.00313 e. The van der Waals surface area contributed by atoms with Crippen molar-refractivity contribution in [3.05, 3.63) is 22.4 Å². The number of hydrogen-bond acceptors (Lipinski definition) is 1. The molecule has 0 radical (unpaired) electrons. The lowest BCUT2D eigenvalue weighted by atomic mass is 10.1. The Hall–Kier alpha value is 0.180. The van der Waals surface area contributed by atoms with Gasteiger partial charge < -0.3 is 0 Å². The Labute approximate surface area is 87.1 Å². The lowest BCUT2D eigenvalue weighted by molar-refractivity contribution is 0.672.